The molecule has 0 saturated carbocycles. The molecule has 2 amide bonds. The molecule has 1 N–H and O–H groups in total. The quantitative estimate of drug-likeness (QED) is 0.826. The number of benzene rings is 1. The monoisotopic (exact) mass is 388 g/mol. The fourth-order valence-electron chi connectivity index (χ4n) is 4.25. The summed E-state index contributed by atoms with van der Waals surface area (Å²) >= 11 is 0. The predicted octanol–water partition coefficient (Wildman–Crippen LogP) is 1.52. The van der Waals surface area contributed by atoms with E-state index in [2.05, 4.69) is 0 Å². The first-order chi connectivity index (χ1) is 13.4. The van der Waals surface area contributed by atoms with Gasteiger partial charge in [-0.15, -0.1) is 0 Å². The lowest BCUT2D eigenvalue weighted by Crippen LogP contribution is -2.52. The van der Waals surface area contributed by atoms with Gasteiger partial charge in [0.2, 0.25) is 11.8 Å². The summed E-state index contributed by atoms with van der Waals surface area (Å²) in [6.07, 6.45) is 2.43. The van der Waals surface area contributed by atoms with Crippen molar-refractivity contribution in [3.05, 3.63) is 35.9 Å². The molecule has 1 aromatic rings. The van der Waals surface area contributed by atoms with Crippen molar-refractivity contribution in [3.63, 3.8) is 0 Å². The Kier molecular flexibility index (Phi) is 6.34. The van der Waals surface area contributed by atoms with Crippen LogP contribution in [0, 0.1) is 5.92 Å². The summed E-state index contributed by atoms with van der Waals surface area (Å²) in [6.45, 7) is 1.74. The molecule has 152 valence electrons. The highest BCUT2D eigenvalue weighted by atomic mass is 16.5. The number of carbonyl (C=O) groups excluding carboxylic acids is 2. The second kappa shape index (κ2) is 8.73. The van der Waals surface area contributed by atoms with Gasteiger partial charge in [0.25, 0.3) is 0 Å². The largest absolute Gasteiger partial charge is 0.481 e. The van der Waals surface area contributed by atoms with Crippen LogP contribution in [0.5, 0.6) is 0 Å². The molecule has 7 nitrogen and oxygen atoms in total. The zero-order valence-corrected chi connectivity index (χ0v) is 16.3. The number of ether oxygens (including phenoxy) is 1. The van der Waals surface area contributed by atoms with Crippen molar-refractivity contribution in [2.24, 2.45) is 5.92 Å². The van der Waals surface area contributed by atoms with E-state index in [1.54, 1.807) is 11.9 Å². The molecule has 2 aliphatic rings. The maximum atomic E-state index is 13.4. The number of amides is 2. The van der Waals surface area contributed by atoms with Gasteiger partial charge in [-0.05, 0) is 31.2 Å². The number of likely N-dealkylation sites (N-methyl/N-ethyl adjacent to an activating group) is 1. The lowest BCUT2D eigenvalue weighted by Gasteiger charge is -2.39. The molecular formula is C21H28N2O5. The summed E-state index contributed by atoms with van der Waals surface area (Å²) in [5, 5.41) is 9.22. The number of hydrogen-bond acceptors (Lipinski definition) is 4. The fourth-order valence-corrected chi connectivity index (χ4v) is 4.25. The van der Waals surface area contributed by atoms with E-state index in [0.29, 0.717) is 45.4 Å². The molecule has 2 fully saturated rings. The first-order valence-corrected chi connectivity index (χ1v) is 9.83. The van der Waals surface area contributed by atoms with Gasteiger partial charge in [-0.3, -0.25) is 14.4 Å². The average molecular weight is 388 g/mol. The fraction of sp³-hybridized carbons (Fsp3) is 0.571. The molecule has 1 atom stereocenters. The summed E-state index contributed by atoms with van der Waals surface area (Å²) in [5.74, 6) is -1.67. The number of carboxylic acids is 1. The Morgan fingerprint density at radius 1 is 1.21 bits per heavy atom. The Balaban J connectivity index is 1.71. The van der Waals surface area contributed by atoms with E-state index in [4.69, 9.17) is 4.74 Å². The number of aliphatic carboxylic acids is 1. The van der Waals surface area contributed by atoms with E-state index in [1.165, 1.54) is 4.90 Å². The van der Waals surface area contributed by atoms with Crippen molar-refractivity contribution in [3.8, 4) is 0 Å². The van der Waals surface area contributed by atoms with Crippen LogP contribution in [-0.2, 0) is 24.5 Å². The van der Waals surface area contributed by atoms with Crippen LogP contribution < -0.4 is 0 Å². The summed E-state index contributed by atoms with van der Waals surface area (Å²) < 4.78 is 5.49. The Morgan fingerprint density at radius 3 is 2.54 bits per heavy atom. The zero-order chi connectivity index (χ0) is 20.1. The Labute approximate surface area is 165 Å². The minimum Gasteiger partial charge on any atom is -0.481 e. The van der Waals surface area contributed by atoms with Crippen LogP contribution in [0.15, 0.2) is 30.3 Å². The third-order valence-corrected chi connectivity index (χ3v) is 5.92. The molecule has 7 heteroatoms. The lowest BCUT2D eigenvalue weighted by molar-refractivity contribution is -0.149. The number of likely N-dealkylation sites (tertiary alicyclic amines) is 1. The highest BCUT2D eigenvalue weighted by Crippen LogP contribution is 2.36. The van der Waals surface area contributed by atoms with Gasteiger partial charge in [0.15, 0.2) is 0 Å². The topological polar surface area (TPSA) is 87.2 Å². The average Bonchev–Trinajstić information content (AvgIpc) is 2.74. The predicted molar refractivity (Wildman–Crippen MR) is 103 cm³/mol. The van der Waals surface area contributed by atoms with E-state index < -0.39 is 17.3 Å². The van der Waals surface area contributed by atoms with Gasteiger partial charge in [0, 0.05) is 33.4 Å². The molecule has 2 saturated heterocycles. The highest BCUT2D eigenvalue weighted by molar-refractivity contribution is 5.91. The maximum Gasteiger partial charge on any atom is 0.308 e. The minimum absolute atomic E-state index is 0.0411. The van der Waals surface area contributed by atoms with Crippen LogP contribution in [0.25, 0.3) is 0 Å². The summed E-state index contributed by atoms with van der Waals surface area (Å²) in [5.41, 5.74) is 0.270. The number of carboxylic acid groups (broad SMARTS) is 1. The second-order valence-electron chi connectivity index (χ2n) is 7.74. The van der Waals surface area contributed by atoms with Crippen molar-refractivity contribution in [2.75, 3.05) is 39.9 Å². The van der Waals surface area contributed by atoms with E-state index in [0.717, 1.165) is 5.56 Å². The van der Waals surface area contributed by atoms with Gasteiger partial charge in [-0.2, -0.15) is 0 Å². The molecule has 0 bridgehead atoms. The van der Waals surface area contributed by atoms with E-state index >= 15 is 0 Å². The third-order valence-electron chi connectivity index (χ3n) is 5.92. The normalized spacial score (nSPS) is 21.8. The number of nitrogens with zero attached hydrogens (tertiary/aromatic N) is 2. The summed E-state index contributed by atoms with van der Waals surface area (Å²) in [4.78, 5) is 40.4. The van der Waals surface area contributed by atoms with Crippen molar-refractivity contribution in [1.29, 1.82) is 0 Å². The second-order valence-corrected chi connectivity index (χ2v) is 7.74. The number of rotatable bonds is 5. The van der Waals surface area contributed by atoms with Crippen LogP contribution in [0.4, 0.5) is 0 Å². The standard InChI is InChI=1S/C21H28N2O5/c1-22(15-18(24)23-11-5-6-16(14-23)19(25)26)20(27)21(9-12-28-13-10-21)17-7-3-2-4-8-17/h2-4,7-8,16H,5-6,9-15H2,1H3,(H,25,26). The smallest absolute Gasteiger partial charge is 0.308 e. The van der Waals surface area contributed by atoms with Crippen molar-refractivity contribution in [1.82, 2.24) is 9.80 Å². The molecular weight excluding hydrogens is 360 g/mol. The van der Waals surface area contributed by atoms with Crippen LogP contribution >= 0.6 is 0 Å². The van der Waals surface area contributed by atoms with Gasteiger partial charge in [-0.1, -0.05) is 30.3 Å². The van der Waals surface area contributed by atoms with E-state index in [9.17, 15) is 19.5 Å². The Bertz CT molecular complexity index is 715. The number of carbonyl (C=O) groups is 3. The van der Waals surface area contributed by atoms with Crippen molar-refractivity contribution in [2.45, 2.75) is 31.1 Å². The SMILES string of the molecule is CN(CC(=O)N1CCCC(C(=O)O)C1)C(=O)C1(c2ccccc2)CCOCC1. The van der Waals surface area contributed by atoms with Gasteiger partial charge in [0.05, 0.1) is 17.9 Å². The van der Waals surface area contributed by atoms with Gasteiger partial charge in [-0.25, -0.2) is 0 Å². The molecule has 0 radical (unpaired) electrons. The van der Waals surface area contributed by atoms with Gasteiger partial charge >= 0.3 is 5.97 Å². The molecule has 0 aromatic heterocycles. The molecule has 28 heavy (non-hydrogen) atoms. The van der Waals surface area contributed by atoms with Crippen LogP contribution in [0.1, 0.15) is 31.2 Å². The third kappa shape index (κ3) is 4.19. The lowest BCUT2D eigenvalue weighted by atomic mass is 9.73. The van der Waals surface area contributed by atoms with E-state index in [-0.39, 0.29) is 24.9 Å². The van der Waals surface area contributed by atoms with Crippen molar-refractivity contribution < 1.29 is 24.2 Å². The minimum atomic E-state index is -0.868. The molecule has 2 heterocycles. The molecule has 1 unspecified atom stereocenters. The van der Waals surface area contributed by atoms with Crippen molar-refractivity contribution >= 4 is 17.8 Å². The Morgan fingerprint density at radius 2 is 1.89 bits per heavy atom. The molecule has 0 spiro atoms. The van der Waals surface area contributed by atoms with E-state index in [1.807, 2.05) is 30.3 Å². The van der Waals surface area contributed by atoms with Gasteiger partial charge < -0.3 is 19.6 Å². The highest BCUT2D eigenvalue weighted by Gasteiger charge is 2.43. The molecule has 1 aromatic carbocycles. The number of piperidine rings is 1. The number of hydrogen-bond donors (Lipinski definition) is 1. The first kappa shape index (κ1) is 20.3. The van der Waals surface area contributed by atoms with Gasteiger partial charge in [0.1, 0.15) is 0 Å². The summed E-state index contributed by atoms with van der Waals surface area (Å²) in [6, 6.07) is 9.68. The molecule has 0 aliphatic carbocycles. The zero-order valence-electron chi connectivity index (χ0n) is 16.3. The Hall–Kier alpha value is -2.41. The summed E-state index contributed by atoms with van der Waals surface area (Å²) in [7, 11) is 1.65. The molecule has 2 aliphatic heterocycles. The first-order valence-electron chi connectivity index (χ1n) is 9.83. The van der Waals surface area contributed by atoms with Crippen LogP contribution in [0.3, 0.4) is 0 Å². The molecule has 3 rings (SSSR count). The van der Waals surface area contributed by atoms with Crippen LogP contribution in [-0.4, -0.2) is 72.6 Å². The maximum absolute atomic E-state index is 13.4. The van der Waals surface area contributed by atoms with Crippen LogP contribution in [0.2, 0.25) is 0 Å².